The van der Waals surface area contributed by atoms with Crippen molar-refractivity contribution in [2.24, 2.45) is 11.8 Å². The summed E-state index contributed by atoms with van der Waals surface area (Å²) in [5, 5.41) is 0. The summed E-state index contributed by atoms with van der Waals surface area (Å²) < 4.78 is 5.11. The van der Waals surface area contributed by atoms with E-state index in [4.69, 9.17) is 4.74 Å². The number of carbonyl (C=O) groups excluding carboxylic acids is 3. The van der Waals surface area contributed by atoms with Crippen LogP contribution in [0.5, 0.6) is 5.75 Å². The summed E-state index contributed by atoms with van der Waals surface area (Å²) >= 11 is 0. The number of hydrogen-bond acceptors (Lipinski definition) is 4. The van der Waals surface area contributed by atoms with Crippen molar-refractivity contribution in [3.8, 4) is 5.75 Å². The van der Waals surface area contributed by atoms with Gasteiger partial charge in [0.15, 0.2) is 5.75 Å². The van der Waals surface area contributed by atoms with Crippen molar-refractivity contribution in [1.82, 2.24) is 0 Å². The van der Waals surface area contributed by atoms with Gasteiger partial charge >= 0.3 is 5.97 Å². The second-order valence-corrected chi connectivity index (χ2v) is 5.23. The number of amides is 2. The summed E-state index contributed by atoms with van der Waals surface area (Å²) in [5.41, 5.74) is 0.345. The van der Waals surface area contributed by atoms with Crippen LogP contribution in [0.4, 0.5) is 5.69 Å². The predicted octanol–water partition coefficient (Wildman–Crippen LogP) is 2.07. The molecule has 1 aromatic rings. The average molecular weight is 285 g/mol. The van der Waals surface area contributed by atoms with Gasteiger partial charge < -0.3 is 4.74 Å². The van der Waals surface area contributed by atoms with Gasteiger partial charge in [0.2, 0.25) is 11.8 Å². The van der Waals surface area contributed by atoms with E-state index in [1.165, 1.54) is 11.8 Å². The maximum Gasteiger partial charge on any atom is 0.308 e. The lowest BCUT2D eigenvalue weighted by Crippen LogP contribution is -2.31. The predicted molar refractivity (Wildman–Crippen MR) is 75.6 cm³/mol. The highest BCUT2D eigenvalue weighted by atomic mass is 16.5. The van der Waals surface area contributed by atoms with Crippen LogP contribution in [0.3, 0.4) is 0 Å². The van der Waals surface area contributed by atoms with Gasteiger partial charge in [-0.25, -0.2) is 4.90 Å². The van der Waals surface area contributed by atoms with Crippen molar-refractivity contribution in [2.75, 3.05) is 4.90 Å². The second-order valence-electron chi connectivity index (χ2n) is 5.23. The number of fused-ring (bicyclic) bond motifs is 1. The summed E-state index contributed by atoms with van der Waals surface area (Å²) in [7, 11) is 0. The molecule has 1 fully saturated rings. The van der Waals surface area contributed by atoms with E-state index in [9.17, 15) is 14.4 Å². The molecule has 0 aromatic heterocycles. The van der Waals surface area contributed by atoms with E-state index >= 15 is 0 Å². The van der Waals surface area contributed by atoms with Crippen molar-refractivity contribution in [3.63, 3.8) is 0 Å². The largest absolute Gasteiger partial charge is 0.424 e. The molecule has 1 saturated heterocycles. The number of benzene rings is 1. The SMILES string of the molecule is CC(=O)Oc1ccccc1N1C(=O)[C@H]2CC=CC[C@@H]2C1=O. The number of anilines is 1. The topological polar surface area (TPSA) is 63.7 Å². The van der Waals surface area contributed by atoms with Gasteiger partial charge in [-0.2, -0.15) is 0 Å². The smallest absolute Gasteiger partial charge is 0.308 e. The summed E-state index contributed by atoms with van der Waals surface area (Å²) in [6, 6.07) is 6.61. The van der Waals surface area contributed by atoms with Gasteiger partial charge in [0.05, 0.1) is 17.5 Å². The Balaban J connectivity index is 1.99. The minimum Gasteiger partial charge on any atom is -0.424 e. The number of esters is 1. The molecule has 0 bridgehead atoms. The summed E-state index contributed by atoms with van der Waals surface area (Å²) in [6.45, 7) is 1.29. The maximum absolute atomic E-state index is 12.5. The minimum absolute atomic E-state index is 0.214. The molecule has 0 N–H and O–H groups in total. The molecule has 0 unspecified atom stereocenters. The van der Waals surface area contributed by atoms with Crippen LogP contribution in [0.1, 0.15) is 19.8 Å². The van der Waals surface area contributed by atoms with E-state index in [2.05, 4.69) is 0 Å². The van der Waals surface area contributed by atoms with Gasteiger partial charge in [-0.3, -0.25) is 14.4 Å². The summed E-state index contributed by atoms with van der Waals surface area (Å²) in [6.07, 6.45) is 5.05. The zero-order chi connectivity index (χ0) is 15.0. The molecule has 0 saturated carbocycles. The van der Waals surface area contributed by atoms with Crippen molar-refractivity contribution >= 4 is 23.5 Å². The number of rotatable bonds is 2. The van der Waals surface area contributed by atoms with Gasteiger partial charge in [-0.1, -0.05) is 24.3 Å². The Morgan fingerprint density at radius 1 is 1.10 bits per heavy atom. The zero-order valence-corrected chi connectivity index (χ0v) is 11.6. The van der Waals surface area contributed by atoms with Crippen LogP contribution >= 0.6 is 0 Å². The first kappa shape index (κ1) is 13.5. The Bertz CT molecular complexity index is 623. The number of imide groups is 1. The Hall–Kier alpha value is -2.43. The van der Waals surface area contributed by atoms with Crippen LogP contribution in [-0.2, 0) is 14.4 Å². The zero-order valence-electron chi connectivity index (χ0n) is 11.6. The highest BCUT2D eigenvalue weighted by molar-refractivity contribution is 6.22. The number of hydrogen-bond donors (Lipinski definition) is 0. The number of nitrogens with zero attached hydrogens (tertiary/aromatic N) is 1. The Morgan fingerprint density at radius 2 is 1.67 bits per heavy atom. The Labute approximate surface area is 122 Å². The van der Waals surface area contributed by atoms with E-state index in [1.54, 1.807) is 24.3 Å². The fourth-order valence-corrected chi connectivity index (χ4v) is 2.92. The first-order chi connectivity index (χ1) is 10.1. The summed E-state index contributed by atoms with van der Waals surface area (Å²) in [4.78, 5) is 37.4. The molecular weight excluding hydrogens is 270 g/mol. The molecule has 3 rings (SSSR count). The minimum atomic E-state index is -0.486. The van der Waals surface area contributed by atoms with Crippen molar-refractivity contribution in [3.05, 3.63) is 36.4 Å². The third-order valence-electron chi connectivity index (χ3n) is 3.87. The van der Waals surface area contributed by atoms with Crippen molar-refractivity contribution in [2.45, 2.75) is 19.8 Å². The second kappa shape index (κ2) is 5.16. The molecule has 5 heteroatoms. The molecule has 0 radical (unpaired) electrons. The van der Waals surface area contributed by atoms with E-state index in [0.29, 0.717) is 18.5 Å². The molecule has 2 amide bonds. The fourth-order valence-electron chi connectivity index (χ4n) is 2.92. The number of carbonyl (C=O) groups is 3. The lowest BCUT2D eigenvalue weighted by Gasteiger charge is -2.17. The van der Waals surface area contributed by atoms with Crippen LogP contribution in [-0.4, -0.2) is 17.8 Å². The Kier molecular flexibility index (Phi) is 3.33. The quantitative estimate of drug-likeness (QED) is 0.361. The summed E-state index contributed by atoms with van der Waals surface area (Å²) in [5.74, 6) is -1.28. The van der Waals surface area contributed by atoms with Crippen LogP contribution in [0.15, 0.2) is 36.4 Å². The van der Waals surface area contributed by atoms with Crippen molar-refractivity contribution in [1.29, 1.82) is 0 Å². The molecule has 1 aromatic carbocycles. The molecule has 1 aliphatic carbocycles. The first-order valence-corrected chi connectivity index (χ1v) is 6.90. The average Bonchev–Trinajstić information content (AvgIpc) is 2.72. The van der Waals surface area contributed by atoms with Crippen LogP contribution < -0.4 is 9.64 Å². The molecule has 1 heterocycles. The standard InChI is InChI=1S/C16H15NO4/c1-10(18)21-14-9-5-4-8-13(14)17-15(19)11-6-2-3-7-12(11)16(17)20/h2-5,8-9,11-12H,6-7H2,1H3/t11-,12-/m0/s1. The van der Waals surface area contributed by atoms with Gasteiger partial charge in [0.1, 0.15) is 0 Å². The van der Waals surface area contributed by atoms with Crippen LogP contribution in [0.25, 0.3) is 0 Å². The number of allylic oxidation sites excluding steroid dienone is 2. The molecule has 2 aliphatic rings. The monoisotopic (exact) mass is 285 g/mol. The normalized spacial score (nSPS) is 24.1. The van der Waals surface area contributed by atoms with Gasteiger partial charge in [0.25, 0.3) is 0 Å². The number of ether oxygens (including phenoxy) is 1. The molecule has 1 aliphatic heterocycles. The number of para-hydroxylation sites is 2. The van der Waals surface area contributed by atoms with Crippen molar-refractivity contribution < 1.29 is 19.1 Å². The lowest BCUT2D eigenvalue weighted by atomic mass is 9.85. The van der Waals surface area contributed by atoms with Gasteiger partial charge in [-0.15, -0.1) is 0 Å². The molecule has 5 nitrogen and oxygen atoms in total. The lowest BCUT2D eigenvalue weighted by molar-refractivity contribution is -0.132. The first-order valence-electron chi connectivity index (χ1n) is 6.90. The van der Waals surface area contributed by atoms with Gasteiger partial charge in [0, 0.05) is 6.92 Å². The highest BCUT2D eigenvalue weighted by Gasteiger charge is 2.48. The molecule has 108 valence electrons. The Morgan fingerprint density at radius 3 is 2.24 bits per heavy atom. The van der Waals surface area contributed by atoms with Crippen LogP contribution in [0, 0.1) is 11.8 Å². The molecular formula is C16H15NO4. The highest BCUT2D eigenvalue weighted by Crippen LogP contribution is 2.40. The van der Waals surface area contributed by atoms with E-state index in [-0.39, 0.29) is 29.4 Å². The third kappa shape index (κ3) is 2.24. The van der Waals surface area contributed by atoms with E-state index < -0.39 is 5.97 Å². The molecule has 21 heavy (non-hydrogen) atoms. The third-order valence-corrected chi connectivity index (χ3v) is 3.87. The maximum atomic E-state index is 12.5. The molecule has 2 atom stereocenters. The van der Waals surface area contributed by atoms with Crippen LogP contribution in [0.2, 0.25) is 0 Å². The van der Waals surface area contributed by atoms with E-state index in [0.717, 1.165) is 0 Å². The molecule has 0 spiro atoms. The van der Waals surface area contributed by atoms with Gasteiger partial charge in [-0.05, 0) is 25.0 Å². The fraction of sp³-hybridized carbons (Fsp3) is 0.312. The van der Waals surface area contributed by atoms with E-state index in [1.807, 2.05) is 12.2 Å².